The standard InChI is InChI=1S/C28H32N8O/c1-20-25-21(2)36(23-10-4-3-5-11-23)32-26(25)27(31-30-20)35-14-8-9-22(19-35)28(37)34-17-15-33(16-18-34)24-12-6-7-13-29-24/h3-7,10-13,22H,8-9,14-19H2,1-2H3/t22-/m1/s1. The Hall–Kier alpha value is -4.01. The van der Waals surface area contributed by atoms with Crippen LogP contribution in [0.4, 0.5) is 11.6 Å². The number of nitrogens with zero attached hydrogens (tertiary/aromatic N) is 8. The number of hydrogen-bond donors (Lipinski definition) is 0. The topological polar surface area (TPSA) is 83.3 Å². The summed E-state index contributed by atoms with van der Waals surface area (Å²) in [6, 6.07) is 16.1. The van der Waals surface area contributed by atoms with Gasteiger partial charge in [-0.05, 0) is 51.0 Å². The highest BCUT2D eigenvalue weighted by molar-refractivity contribution is 5.92. The first kappa shape index (κ1) is 23.4. The Morgan fingerprint density at radius 2 is 1.68 bits per heavy atom. The molecule has 0 aliphatic carbocycles. The number of aromatic nitrogens is 5. The lowest BCUT2D eigenvalue weighted by atomic mass is 9.96. The summed E-state index contributed by atoms with van der Waals surface area (Å²) in [4.78, 5) is 24.5. The lowest BCUT2D eigenvalue weighted by Gasteiger charge is -2.39. The van der Waals surface area contributed by atoms with Crippen LogP contribution in [0.1, 0.15) is 24.2 Å². The molecule has 3 aromatic heterocycles. The molecule has 4 aromatic rings. The Morgan fingerprint density at radius 3 is 2.43 bits per heavy atom. The van der Waals surface area contributed by atoms with Crippen LogP contribution in [0.25, 0.3) is 16.6 Å². The van der Waals surface area contributed by atoms with Crippen molar-refractivity contribution in [1.82, 2.24) is 29.9 Å². The van der Waals surface area contributed by atoms with Crippen LogP contribution in [0.5, 0.6) is 0 Å². The van der Waals surface area contributed by atoms with E-state index in [0.717, 1.165) is 85.2 Å². The summed E-state index contributed by atoms with van der Waals surface area (Å²) in [5, 5.41) is 15.1. The van der Waals surface area contributed by atoms with Gasteiger partial charge < -0.3 is 14.7 Å². The molecule has 37 heavy (non-hydrogen) atoms. The Bertz CT molecular complexity index is 1400. The van der Waals surface area contributed by atoms with Crippen molar-refractivity contribution < 1.29 is 4.79 Å². The highest BCUT2D eigenvalue weighted by atomic mass is 16.2. The molecule has 0 saturated carbocycles. The third-order valence-corrected chi connectivity index (χ3v) is 7.62. The fraction of sp³-hybridized carbons (Fsp3) is 0.393. The van der Waals surface area contributed by atoms with E-state index in [1.54, 1.807) is 0 Å². The predicted molar refractivity (Wildman–Crippen MR) is 144 cm³/mol. The number of anilines is 2. The average Bonchev–Trinajstić information content (AvgIpc) is 3.32. The number of amides is 1. The molecule has 5 heterocycles. The van der Waals surface area contributed by atoms with Crippen molar-refractivity contribution in [1.29, 1.82) is 0 Å². The number of fused-ring (bicyclic) bond motifs is 1. The Balaban J connectivity index is 1.21. The van der Waals surface area contributed by atoms with Crippen LogP contribution in [0, 0.1) is 19.8 Å². The fourth-order valence-electron chi connectivity index (χ4n) is 5.67. The average molecular weight is 497 g/mol. The van der Waals surface area contributed by atoms with Crippen LogP contribution >= 0.6 is 0 Å². The minimum Gasteiger partial charge on any atom is -0.353 e. The largest absolute Gasteiger partial charge is 0.353 e. The van der Waals surface area contributed by atoms with Gasteiger partial charge in [-0.2, -0.15) is 10.2 Å². The molecule has 190 valence electrons. The first-order chi connectivity index (χ1) is 18.1. The molecule has 2 saturated heterocycles. The van der Waals surface area contributed by atoms with Gasteiger partial charge in [0.05, 0.1) is 28.4 Å². The van der Waals surface area contributed by atoms with E-state index in [2.05, 4.69) is 44.0 Å². The van der Waals surface area contributed by atoms with E-state index >= 15 is 0 Å². The lowest BCUT2D eigenvalue weighted by Crippen LogP contribution is -2.52. The van der Waals surface area contributed by atoms with Crippen molar-refractivity contribution in [2.45, 2.75) is 26.7 Å². The van der Waals surface area contributed by atoms with Gasteiger partial charge in [0.15, 0.2) is 5.82 Å². The zero-order valence-corrected chi connectivity index (χ0v) is 21.4. The molecule has 1 aromatic carbocycles. The smallest absolute Gasteiger partial charge is 0.227 e. The minimum atomic E-state index is -0.0504. The van der Waals surface area contributed by atoms with Crippen molar-refractivity contribution in [3.8, 4) is 5.69 Å². The summed E-state index contributed by atoms with van der Waals surface area (Å²) < 4.78 is 1.97. The van der Waals surface area contributed by atoms with E-state index in [-0.39, 0.29) is 11.8 Å². The highest BCUT2D eigenvalue weighted by Gasteiger charge is 2.33. The number of piperazine rings is 1. The predicted octanol–water partition coefficient (Wildman–Crippen LogP) is 3.39. The van der Waals surface area contributed by atoms with Crippen molar-refractivity contribution in [2.24, 2.45) is 5.92 Å². The molecule has 6 rings (SSSR count). The van der Waals surface area contributed by atoms with Crippen LogP contribution in [0.2, 0.25) is 0 Å². The van der Waals surface area contributed by atoms with Crippen molar-refractivity contribution in [2.75, 3.05) is 49.1 Å². The zero-order chi connectivity index (χ0) is 25.4. The van der Waals surface area contributed by atoms with E-state index < -0.39 is 0 Å². The number of aryl methyl sites for hydroxylation is 2. The van der Waals surface area contributed by atoms with Gasteiger partial charge in [-0.15, -0.1) is 5.10 Å². The minimum absolute atomic E-state index is 0.0504. The molecule has 2 aliphatic rings. The normalized spacial score (nSPS) is 18.4. The first-order valence-corrected chi connectivity index (χ1v) is 13.1. The number of piperidine rings is 1. The number of hydrogen-bond acceptors (Lipinski definition) is 7. The molecular formula is C28H32N8O. The zero-order valence-electron chi connectivity index (χ0n) is 21.4. The molecule has 9 nitrogen and oxygen atoms in total. The molecule has 0 bridgehead atoms. The number of carbonyl (C=O) groups excluding carboxylic acids is 1. The fourth-order valence-corrected chi connectivity index (χ4v) is 5.67. The Labute approximate surface area is 216 Å². The maximum absolute atomic E-state index is 13.5. The maximum Gasteiger partial charge on any atom is 0.227 e. The SMILES string of the molecule is Cc1nnc(N2CCC[C@@H](C(=O)N3CCN(c4ccccn4)CC3)C2)c2nn(-c3ccccc3)c(C)c12. The molecule has 0 N–H and O–H groups in total. The molecule has 0 radical (unpaired) electrons. The van der Waals surface area contributed by atoms with Gasteiger partial charge in [-0.25, -0.2) is 9.67 Å². The van der Waals surface area contributed by atoms with Crippen molar-refractivity contribution in [3.05, 3.63) is 66.1 Å². The van der Waals surface area contributed by atoms with Crippen LogP contribution in [-0.4, -0.2) is 75.0 Å². The summed E-state index contributed by atoms with van der Waals surface area (Å²) in [7, 11) is 0. The van der Waals surface area contributed by atoms with Crippen LogP contribution in [0.15, 0.2) is 54.7 Å². The summed E-state index contributed by atoms with van der Waals surface area (Å²) in [6.45, 7) is 8.61. The van der Waals surface area contributed by atoms with Gasteiger partial charge in [0.25, 0.3) is 0 Å². The Morgan fingerprint density at radius 1 is 0.892 bits per heavy atom. The molecule has 1 atom stereocenters. The number of benzene rings is 1. The molecule has 0 unspecified atom stereocenters. The van der Waals surface area contributed by atoms with Crippen LogP contribution in [-0.2, 0) is 4.79 Å². The summed E-state index contributed by atoms with van der Waals surface area (Å²) in [5.74, 6) is 1.94. The van der Waals surface area contributed by atoms with Crippen molar-refractivity contribution >= 4 is 28.4 Å². The third kappa shape index (κ3) is 4.39. The highest BCUT2D eigenvalue weighted by Crippen LogP contribution is 2.32. The maximum atomic E-state index is 13.5. The second kappa shape index (κ2) is 9.80. The Kier molecular flexibility index (Phi) is 6.20. The molecule has 2 fully saturated rings. The van der Waals surface area contributed by atoms with Gasteiger partial charge in [0.1, 0.15) is 11.3 Å². The monoisotopic (exact) mass is 496 g/mol. The lowest BCUT2D eigenvalue weighted by molar-refractivity contribution is -0.136. The van der Waals surface area contributed by atoms with Crippen LogP contribution in [0.3, 0.4) is 0 Å². The van der Waals surface area contributed by atoms with E-state index in [9.17, 15) is 4.79 Å². The number of pyridine rings is 1. The van der Waals surface area contributed by atoms with E-state index in [4.69, 9.17) is 5.10 Å². The van der Waals surface area contributed by atoms with Gasteiger partial charge in [-0.1, -0.05) is 24.3 Å². The summed E-state index contributed by atoms with van der Waals surface area (Å²) in [6.07, 6.45) is 3.66. The number of rotatable bonds is 4. The third-order valence-electron chi connectivity index (χ3n) is 7.62. The van der Waals surface area contributed by atoms with Gasteiger partial charge in [-0.3, -0.25) is 4.79 Å². The van der Waals surface area contributed by atoms with E-state index in [1.165, 1.54) is 0 Å². The summed E-state index contributed by atoms with van der Waals surface area (Å²) in [5.41, 5.74) is 3.78. The van der Waals surface area contributed by atoms with Gasteiger partial charge >= 0.3 is 0 Å². The molecule has 9 heteroatoms. The number of carbonyl (C=O) groups is 1. The van der Waals surface area contributed by atoms with Gasteiger partial charge in [0, 0.05) is 45.5 Å². The van der Waals surface area contributed by atoms with E-state index in [1.807, 2.05) is 59.1 Å². The van der Waals surface area contributed by atoms with Gasteiger partial charge in [0.2, 0.25) is 5.91 Å². The quantitative estimate of drug-likeness (QED) is 0.428. The second-order valence-electron chi connectivity index (χ2n) is 9.95. The molecular weight excluding hydrogens is 464 g/mol. The summed E-state index contributed by atoms with van der Waals surface area (Å²) >= 11 is 0. The molecule has 0 spiro atoms. The van der Waals surface area contributed by atoms with Crippen LogP contribution < -0.4 is 9.80 Å². The van der Waals surface area contributed by atoms with E-state index in [0.29, 0.717) is 6.54 Å². The number of para-hydroxylation sites is 1. The van der Waals surface area contributed by atoms with Crippen molar-refractivity contribution in [3.63, 3.8) is 0 Å². The molecule has 2 aliphatic heterocycles. The first-order valence-electron chi connectivity index (χ1n) is 13.1. The second-order valence-corrected chi connectivity index (χ2v) is 9.95. The molecule has 1 amide bonds.